The van der Waals surface area contributed by atoms with E-state index in [2.05, 4.69) is 20.4 Å². The molecule has 1 spiro atoms. The monoisotopic (exact) mass is 327 g/mol. The first-order valence-corrected chi connectivity index (χ1v) is 7.29. The molecule has 8 heteroatoms. The molecule has 1 amide bonds. The van der Waals surface area contributed by atoms with Crippen LogP contribution >= 0.6 is 0 Å². The molecule has 0 unspecified atom stereocenters. The average Bonchev–Trinajstić information content (AvgIpc) is 2.74. The highest BCUT2D eigenvalue weighted by Gasteiger charge is 2.46. The van der Waals surface area contributed by atoms with Crippen LogP contribution < -0.4 is 15.4 Å². The first kappa shape index (κ1) is 15.8. The molecule has 2 aliphatic rings. The van der Waals surface area contributed by atoms with Crippen LogP contribution in [0.3, 0.4) is 0 Å². The topological polar surface area (TPSA) is 62.7 Å². The predicted octanol–water partition coefficient (Wildman–Crippen LogP) is 1.97. The molecule has 0 aliphatic carbocycles. The van der Waals surface area contributed by atoms with Crippen molar-refractivity contribution in [3.8, 4) is 5.75 Å². The summed E-state index contributed by atoms with van der Waals surface area (Å²) in [5.41, 5.74) is -0.785. The third-order valence-corrected chi connectivity index (χ3v) is 4.02. The van der Waals surface area contributed by atoms with Crippen molar-refractivity contribution in [1.82, 2.24) is 10.6 Å². The van der Waals surface area contributed by atoms with Crippen LogP contribution in [0, 0.1) is 0 Å². The predicted molar refractivity (Wildman–Crippen MR) is 77.2 cm³/mol. The zero-order chi connectivity index (χ0) is 16.7. The summed E-state index contributed by atoms with van der Waals surface area (Å²) < 4.78 is 41.6. The normalized spacial score (nSPS) is 27.7. The molecular weight excluding hydrogens is 311 g/mol. The number of rotatable bonds is 2. The Labute approximate surface area is 130 Å². The molecule has 0 aromatic heterocycles. The van der Waals surface area contributed by atoms with Gasteiger partial charge in [-0.15, -0.1) is 13.2 Å². The molecule has 1 aromatic carbocycles. The first-order valence-electron chi connectivity index (χ1n) is 7.29. The number of amides is 1. The van der Waals surface area contributed by atoms with Gasteiger partial charge in [0.2, 0.25) is 0 Å². The molecule has 124 valence electrons. The van der Waals surface area contributed by atoms with Gasteiger partial charge in [0.05, 0.1) is 5.56 Å². The van der Waals surface area contributed by atoms with Crippen molar-refractivity contribution in [2.45, 2.75) is 37.7 Å². The summed E-state index contributed by atoms with van der Waals surface area (Å²) in [5, 5.41) is 5.84. The van der Waals surface area contributed by atoms with Gasteiger partial charge in [-0.2, -0.15) is 0 Å². The van der Waals surface area contributed by atoms with Gasteiger partial charge < -0.3 is 15.4 Å². The van der Waals surface area contributed by atoms with Crippen molar-refractivity contribution in [3.63, 3.8) is 0 Å². The number of benzene rings is 1. The number of piperidine rings is 1. The molecule has 2 aliphatic heterocycles. The number of alkyl halides is 3. The van der Waals surface area contributed by atoms with E-state index in [1.54, 1.807) is 6.07 Å². The summed E-state index contributed by atoms with van der Waals surface area (Å²) in [6, 6.07) is 5.77. The first-order chi connectivity index (χ1) is 10.8. The number of nitrogens with zero attached hydrogens (tertiary/aromatic N) is 1. The molecular formula is C15H16F3N3O2. The second kappa shape index (κ2) is 5.52. The van der Waals surface area contributed by atoms with Crippen LogP contribution in [0.1, 0.15) is 25.3 Å². The molecule has 1 fully saturated rings. The number of halogens is 3. The number of hydrogen-bond acceptors (Lipinski definition) is 4. The maximum absolute atomic E-state index is 12.5. The summed E-state index contributed by atoms with van der Waals surface area (Å²) in [4.78, 5) is 16.8. The Morgan fingerprint density at radius 2 is 2.09 bits per heavy atom. The molecule has 0 bridgehead atoms. The van der Waals surface area contributed by atoms with Crippen molar-refractivity contribution in [2.24, 2.45) is 4.99 Å². The number of ether oxygens (including phenoxy) is 1. The molecule has 3 rings (SSSR count). The van der Waals surface area contributed by atoms with Crippen molar-refractivity contribution in [1.29, 1.82) is 0 Å². The quantitative estimate of drug-likeness (QED) is 0.873. The van der Waals surface area contributed by atoms with Crippen LogP contribution in [0.15, 0.2) is 29.3 Å². The maximum atomic E-state index is 12.5. The minimum atomic E-state index is -4.81. The van der Waals surface area contributed by atoms with E-state index in [9.17, 15) is 18.0 Å². The van der Waals surface area contributed by atoms with E-state index < -0.39 is 11.9 Å². The molecule has 2 N–H and O–H groups in total. The van der Waals surface area contributed by atoms with Crippen LogP contribution in [0.2, 0.25) is 0 Å². The summed E-state index contributed by atoms with van der Waals surface area (Å²) in [7, 11) is 0. The van der Waals surface area contributed by atoms with E-state index in [1.165, 1.54) is 18.2 Å². The number of carbonyl (C=O) groups is 1. The highest BCUT2D eigenvalue weighted by Crippen LogP contribution is 2.33. The zero-order valence-electron chi connectivity index (χ0n) is 12.4. The Balaban J connectivity index is 1.95. The SMILES string of the molecule is C[C@H]1C[C@@]2(CCN1)N=C(c1ccccc1OC(F)(F)F)NC2=O. The zero-order valence-corrected chi connectivity index (χ0v) is 12.4. The lowest BCUT2D eigenvalue weighted by Crippen LogP contribution is -2.51. The van der Waals surface area contributed by atoms with E-state index in [4.69, 9.17) is 0 Å². The number of para-hydroxylation sites is 1. The van der Waals surface area contributed by atoms with Gasteiger partial charge in [0.1, 0.15) is 17.1 Å². The minimum absolute atomic E-state index is 0.110. The van der Waals surface area contributed by atoms with E-state index in [0.717, 1.165) is 0 Å². The highest BCUT2D eigenvalue weighted by molar-refractivity contribution is 6.16. The Bertz CT molecular complexity index is 660. The van der Waals surface area contributed by atoms with Crippen LogP contribution in [0.25, 0.3) is 0 Å². The fourth-order valence-electron chi connectivity index (χ4n) is 3.03. The Kier molecular flexibility index (Phi) is 3.79. The van der Waals surface area contributed by atoms with Gasteiger partial charge in [0.15, 0.2) is 0 Å². The second-order valence-electron chi connectivity index (χ2n) is 5.80. The highest BCUT2D eigenvalue weighted by atomic mass is 19.4. The van der Waals surface area contributed by atoms with Gasteiger partial charge in [-0.05, 0) is 38.4 Å². The summed E-state index contributed by atoms with van der Waals surface area (Å²) in [6.07, 6.45) is -3.79. The van der Waals surface area contributed by atoms with Crippen molar-refractivity contribution in [2.75, 3.05) is 6.54 Å². The van der Waals surface area contributed by atoms with E-state index in [-0.39, 0.29) is 29.1 Å². The number of amidine groups is 1. The molecule has 2 heterocycles. The smallest absolute Gasteiger partial charge is 0.405 e. The summed E-state index contributed by atoms with van der Waals surface area (Å²) >= 11 is 0. The van der Waals surface area contributed by atoms with Crippen LogP contribution in [-0.4, -0.2) is 36.2 Å². The fourth-order valence-corrected chi connectivity index (χ4v) is 3.03. The average molecular weight is 327 g/mol. The lowest BCUT2D eigenvalue weighted by Gasteiger charge is -2.32. The van der Waals surface area contributed by atoms with Gasteiger partial charge >= 0.3 is 6.36 Å². The Morgan fingerprint density at radius 1 is 1.35 bits per heavy atom. The Hall–Kier alpha value is -2.09. The third kappa shape index (κ3) is 3.17. The molecule has 23 heavy (non-hydrogen) atoms. The number of carbonyl (C=O) groups excluding carboxylic acids is 1. The number of hydrogen-bond donors (Lipinski definition) is 2. The van der Waals surface area contributed by atoms with Crippen molar-refractivity contribution in [3.05, 3.63) is 29.8 Å². The second-order valence-corrected chi connectivity index (χ2v) is 5.80. The van der Waals surface area contributed by atoms with Gasteiger partial charge in [0.25, 0.3) is 5.91 Å². The van der Waals surface area contributed by atoms with Gasteiger partial charge in [0, 0.05) is 6.04 Å². The molecule has 2 atom stereocenters. The molecule has 1 aromatic rings. The van der Waals surface area contributed by atoms with E-state index in [1.807, 2.05) is 6.92 Å². The fraction of sp³-hybridized carbons (Fsp3) is 0.467. The third-order valence-electron chi connectivity index (χ3n) is 4.02. The van der Waals surface area contributed by atoms with Gasteiger partial charge in [-0.25, -0.2) is 0 Å². The standard InChI is InChI=1S/C15H16F3N3O2/c1-9-8-14(6-7-19-9)13(22)20-12(21-14)10-4-2-3-5-11(10)23-15(16,17)18/h2-5,9,19H,6-8H2,1H3,(H,20,21,22)/t9-,14+/m0/s1. The molecule has 1 saturated heterocycles. The van der Waals surface area contributed by atoms with Crippen LogP contribution in [0.4, 0.5) is 13.2 Å². The van der Waals surface area contributed by atoms with Crippen molar-refractivity contribution < 1.29 is 22.7 Å². The lowest BCUT2D eigenvalue weighted by molar-refractivity contribution is -0.274. The molecule has 5 nitrogen and oxygen atoms in total. The van der Waals surface area contributed by atoms with E-state index in [0.29, 0.717) is 19.4 Å². The summed E-state index contributed by atoms with van der Waals surface area (Å²) in [6.45, 7) is 2.58. The number of nitrogens with one attached hydrogen (secondary N) is 2. The van der Waals surface area contributed by atoms with E-state index >= 15 is 0 Å². The minimum Gasteiger partial charge on any atom is -0.405 e. The molecule has 0 saturated carbocycles. The number of aliphatic imine (C=N–C) groups is 1. The van der Waals surface area contributed by atoms with Crippen molar-refractivity contribution >= 4 is 11.7 Å². The molecule has 0 radical (unpaired) electrons. The summed E-state index contributed by atoms with van der Waals surface area (Å²) in [5.74, 6) is -0.523. The van der Waals surface area contributed by atoms with Gasteiger partial charge in [-0.1, -0.05) is 12.1 Å². The van der Waals surface area contributed by atoms with Gasteiger partial charge in [-0.3, -0.25) is 9.79 Å². The Morgan fingerprint density at radius 3 is 2.78 bits per heavy atom. The lowest BCUT2D eigenvalue weighted by atomic mass is 9.85. The maximum Gasteiger partial charge on any atom is 0.573 e. The largest absolute Gasteiger partial charge is 0.573 e. The van der Waals surface area contributed by atoms with Crippen LogP contribution in [-0.2, 0) is 4.79 Å². The van der Waals surface area contributed by atoms with Crippen LogP contribution in [0.5, 0.6) is 5.75 Å².